The van der Waals surface area contributed by atoms with Crippen molar-refractivity contribution in [3.05, 3.63) is 46.7 Å². The molecule has 0 aliphatic rings. The predicted octanol–water partition coefficient (Wildman–Crippen LogP) is 1.76. The molecule has 0 radical (unpaired) electrons. The Kier molecular flexibility index (Phi) is 7.41. The molecule has 2 N–H and O–H groups in total. The standard InChI is InChI=1S/C18H20F3N3O3S/c1-23(11-17(26)24(2)9-13-7-8-28-12-13)10-16(25)22-14-3-5-15(6-4-14)27-18(19,20)21/h3-8,12H,9-11H2,1-2H3,(H,22,25)/p+1. The Morgan fingerprint density at radius 2 is 1.86 bits per heavy atom. The fraction of sp³-hybridized carbons (Fsp3) is 0.333. The molecule has 1 atom stereocenters. The van der Waals surface area contributed by atoms with E-state index in [1.807, 2.05) is 16.8 Å². The Morgan fingerprint density at radius 3 is 2.43 bits per heavy atom. The molecule has 1 heterocycles. The van der Waals surface area contributed by atoms with Crippen LogP contribution in [0.15, 0.2) is 41.1 Å². The van der Waals surface area contributed by atoms with E-state index >= 15 is 0 Å². The minimum Gasteiger partial charge on any atom is -0.406 e. The first-order valence-electron chi connectivity index (χ1n) is 8.34. The van der Waals surface area contributed by atoms with Crippen molar-refractivity contribution in [1.29, 1.82) is 0 Å². The molecule has 0 saturated carbocycles. The molecule has 1 aromatic carbocycles. The number of thiophene rings is 1. The number of ether oxygens (including phenoxy) is 1. The van der Waals surface area contributed by atoms with Crippen LogP contribution in [0.2, 0.25) is 0 Å². The van der Waals surface area contributed by atoms with Crippen LogP contribution in [0.4, 0.5) is 18.9 Å². The number of anilines is 1. The molecule has 0 aliphatic heterocycles. The molecule has 152 valence electrons. The highest BCUT2D eigenvalue weighted by Gasteiger charge is 2.31. The van der Waals surface area contributed by atoms with Crippen molar-refractivity contribution >= 4 is 28.8 Å². The maximum absolute atomic E-state index is 12.2. The molecular weight excluding hydrogens is 395 g/mol. The summed E-state index contributed by atoms with van der Waals surface area (Å²) in [5.74, 6) is -0.812. The SMILES string of the molecule is CN(Cc1ccsc1)C(=O)C[NH+](C)CC(=O)Nc1ccc(OC(F)(F)F)cc1. The van der Waals surface area contributed by atoms with Gasteiger partial charge < -0.3 is 19.9 Å². The number of alkyl halides is 3. The number of hydrogen-bond acceptors (Lipinski definition) is 4. The number of hydrogen-bond donors (Lipinski definition) is 2. The summed E-state index contributed by atoms with van der Waals surface area (Å²) in [5.41, 5.74) is 1.39. The molecule has 1 aromatic heterocycles. The number of likely N-dealkylation sites (N-methyl/N-ethyl adjacent to an activating group) is 2. The van der Waals surface area contributed by atoms with Gasteiger partial charge in [-0.05, 0) is 46.7 Å². The summed E-state index contributed by atoms with van der Waals surface area (Å²) in [6, 6.07) is 6.80. The Balaban J connectivity index is 1.77. The van der Waals surface area contributed by atoms with E-state index in [1.54, 1.807) is 30.3 Å². The first-order chi connectivity index (χ1) is 13.1. The third kappa shape index (κ3) is 7.57. The van der Waals surface area contributed by atoms with Crippen molar-refractivity contribution in [2.75, 3.05) is 32.5 Å². The van der Waals surface area contributed by atoms with E-state index in [1.165, 1.54) is 12.1 Å². The highest BCUT2D eigenvalue weighted by molar-refractivity contribution is 7.07. The average Bonchev–Trinajstić information content (AvgIpc) is 3.08. The monoisotopic (exact) mass is 416 g/mol. The lowest BCUT2D eigenvalue weighted by Crippen LogP contribution is -3.11. The lowest BCUT2D eigenvalue weighted by Gasteiger charge is -2.19. The van der Waals surface area contributed by atoms with Crippen molar-refractivity contribution in [2.24, 2.45) is 0 Å². The number of carbonyl (C=O) groups excluding carboxylic acids is 2. The Hall–Kier alpha value is -2.59. The van der Waals surface area contributed by atoms with Crippen molar-refractivity contribution in [1.82, 2.24) is 4.90 Å². The number of carbonyl (C=O) groups is 2. The van der Waals surface area contributed by atoms with E-state index in [-0.39, 0.29) is 30.7 Å². The van der Waals surface area contributed by atoms with Crippen LogP contribution >= 0.6 is 11.3 Å². The number of quaternary nitrogens is 1. The maximum atomic E-state index is 12.2. The Morgan fingerprint density at radius 1 is 1.18 bits per heavy atom. The van der Waals surface area contributed by atoms with E-state index in [9.17, 15) is 22.8 Å². The highest BCUT2D eigenvalue weighted by atomic mass is 32.1. The third-order valence-corrected chi connectivity index (χ3v) is 4.44. The van der Waals surface area contributed by atoms with Gasteiger partial charge in [-0.25, -0.2) is 0 Å². The first-order valence-corrected chi connectivity index (χ1v) is 9.28. The number of nitrogens with one attached hydrogen (secondary N) is 2. The largest absolute Gasteiger partial charge is 0.573 e. The second kappa shape index (κ2) is 9.56. The van der Waals surface area contributed by atoms with E-state index in [0.717, 1.165) is 17.7 Å². The summed E-state index contributed by atoms with van der Waals surface area (Å²) >= 11 is 1.56. The normalized spacial score (nSPS) is 12.3. The van der Waals surface area contributed by atoms with E-state index < -0.39 is 6.36 Å². The predicted molar refractivity (Wildman–Crippen MR) is 99.2 cm³/mol. The molecule has 0 saturated heterocycles. The maximum Gasteiger partial charge on any atom is 0.573 e. The third-order valence-electron chi connectivity index (χ3n) is 3.71. The van der Waals surface area contributed by atoms with Crippen LogP contribution in [0.1, 0.15) is 5.56 Å². The number of benzene rings is 1. The van der Waals surface area contributed by atoms with Gasteiger partial charge in [0.15, 0.2) is 13.1 Å². The summed E-state index contributed by atoms with van der Waals surface area (Å²) in [6.45, 7) is 0.694. The molecule has 2 amide bonds. The van der Waals surface area contributed by atoms with Gasteiger partial charge in [-0.1, -0.05) is 0 Å². The van der Waals surface area contributed by atoms with Gasteiger partial charge in [0.1, 0.15) is 5.75 Å². The molecule has 2 aromatic rings. The van der Waals surface area contributed by atoms with Gasteiger partial charge in [0.2, 0.25) is 0 Å². The van der Waals surface area contributed by atoms with E-state index in [2.05, 4.69) is 10.1 Å². The summed E-state index contributed by atoms with van der Waals surface area (Å²) in [6.07, 6.45) is -4.76. The first kappa shape index (κ1) is 21.7. The molecule has 6 nitrogen and oxygen atoms in total. The zero-order valence-electron chi connectivity index (χ0n) is 15.4. The molecule has 0 spiro atoms. The van der Waals surface area contributed by atoms with E-state index in [4.69, 9.17) is 0 Å². The molecular formula is C18H21F3N3O3S+. The van der Waals surface area contributed by atoms with E-state index in [0.29, 0.717) is 17.1 Å². The second-order valence-electron chi connectivity index (χ2n) is 6.31. The summed E-state index contributed by atoms with van der Waals surface area (Å²) in [5, 5.41) is 6.49. The fourth-order valence-electron chi connectivity index (χ4n) is 2.42. The minimum atomic E-state index is -4.76. The van der Waals surface area contributed by atoms with Crippen LogP contribution in [0.5, 0.6) is 5.75 Å². The zero-order chi connectivity index (χ0) is 20.7. The van der Waals surface area contributed by atoms with Crippen molar-refractivity contribution in [3.63, 3.8) is 0 Å². The molecule has 0 aliphatic carbocycles. The van der Waals surface area contributed by atoms with Crippen molar-refractivity contribution in [2.45, 2.75) is 12.9 Å². The van der Waals surface area contributed by atoms with Crippen molar-refractivity contribution < 1.29 is 32.4 Å². The molecule has 2 rings (SSSR count). The van der Waals surface area contributed by atoms with Crippen LogP contribution in [-0.2, 0) is 16.1 Å². The molecule has 0 fully saturated rings. The highest BCUT2D eigenvalue weighted by Crippen LogP contribution is 2.23. The smallest absolute Gasteiger partial charge is 0.406 e. The summed E-state index contributed by atoms with van der Waals surface area (Å²) < 4.78 is 40.2. The number of amides is 2. The number of halogens is 3. The second-order valence-corrected chi connectivity index (χ2v) is 7.09. The molecule has 28 heavy (non-hydrogen) atoms. The number of nitrogens with zero attached hydrogens (tertiary/aromatic N) is 1. The molecule has 1 unspecified atom stereocenters. The Bertz CT molecular complexity index is 780. The Labute approximate surface area is 164 Å². The molecule has 0 bridgehead atoms. The van der Waals surface area contributed by atoms with Gasteiger partial charge in [0, 0.05) is 19.3 Å². The quantitative estimate of drug-likeness (QED) is 0.690. The van der Waals surface area contributed by atoms with Crippen LogP contribution < -0.4 is 15.0 Å². The summed E-state index contributed by atoms with van der Waals surface area (Å²) in [4.78, 5) is 26.6. The van der Waals surface area contributed by atoms with Gasteiger partial charge in [-0.2, -0.15) is 11.3 Å². The van der Waals surface area contributed by atoms with Gasteiger partial charge in [0.05, 0.1) is 7.05 Å². The number of rotatable bonds is 8. The topological polar surface area (TPSA) is 63.1 Å². The zero-order valence-corrected chi connectivity index (χ0v) is 16.2. The average molecular weight is 416 g/mol. The van der Waals surface area contributed by atoms with Gasteiger partial charge in [-0.15, -0.1) is 13.2 Å². The van der Waals surface area contributed by atoms with Crippen molar-refractivity contribution in [3.8, 4) is 5.75 Å². The van der Waals surface area contributed by atoms with Gasteiger partial charge >= 0.3 is 6.36 Å². The fourth-order valence-corrected chi connectivity index (χ4v) is 3.08. The molecule has 10 heteroatoms. The lowest BCUT2D eigenvalue weighted by atomic mass is 10.3. The summed E-state index contributed by atoms with van der Waals surface area (Å²) in [7, 11) is 3.42. The van der Waals surface area contributed by atoms with Crippen LogP contribution in [0, 0.1) is 0 Å². The minimum absolute atomic E-state index is 0.0405. The van der Waals surface area contributed by atoms with Gasteiger partial charge in [-0.3, -0.25) is 9.59 Å². The lowest BCUT2D eigenvalue weighted by molar-refractivity contribution is -0.862. The van der Waals surface area contributed by atoms with Crippen LogP contribution in [-0.4, -0.2) is 50.3 Å². The van der Waals surface area contributed by atoms with Crippen LogP contribution in [0.3, 0.4) is 0 Å². The van der Waals surface area contributed by atoms with Crippen LogP contribution in [0.25, 0.3) is 0 Å². The van der Waals surface area contributed by atoms with Gasteiger partial charge in [0.25, 0.3) is 11.8 Å².